The van der Waals surface area contributed by atoms with Crippen molar-refractivity contribution in [1.82, 2.24) is 10.5 Å². The number of amides is 1. The fourth-order valence-corrected chi connectivity index (χ4v) is 2.00. The zero-order valence-corrected chi connectivity index (χ0v) is 11.0. The molecule has 1 amide bonds. The van der Waals surface area contributed by atoms with Gasteiger partial charge in [0.15, 0.2) is 11.5 Å². The zero-order valence-electron chi connectivity index (χ0n) is 10.1. The lowest BCUT2D eigenvalue weighted by Crippen LogP contribution is -2.46. The Balaban J connectivity index is 2.13. The number of nitrogens with zero attached hydrogens (tertiary/aromatic N) is 1. The molecule has 0 saturated heterocycles. The minimum absolute atomic E-state index is 0.144. The van der Waals surface area contributed by atoms with Gasteiger partial charge in [-0.15, -0.1) is 11.3 Å². The summed E-state index contributed by atoms with van der Waals surface area (Å²) in [5.41, 5.74) is -0.473. The molecule has 0 bridgehead atoms. The van der Waals surface area contributed by atoms with Crippen molar-refractivity contribution < 1.29 is 14.4 Å². The maximum atomic E-state index is 11.9. The van der Waals surface area contributed by atoms with Gasteiger partial charge in [-0.05, 0) is 25.3 Å². The average molecular weight is 266 g/mol. The van der Waals surface area contributed by atoms with Crippen LogP contribution < -0.4 is 5.32 Å². The molecule has 96 valence electrons. The van der Waals surface area contributed by atoms with Crippen molar-refractivity contribution in [3.63, 3.8) is 0 Å². The first-order valence-electron chi connectivity index (χ1n) is 5.46. The molecule has 0 aromatic carbocycles. The van der Waals surface area contributed by atoms with E-state index in [0.29, 0.717) is 5.76 Å². The van der Waals surface area contributed by atoms with E-state index in [9.17, 15) is 4.79 Å². The van der Waals surface area contributed by atoms with E-state index in [2.05, 4.69) is 10.5 Å². The van der Waals surface area contributed by atoms with Gasteiger partial charge in [0.25, 0.3) is 5.91 Å². The third-order valence-corrected chi connectivity index (χ3v) is 3.24. The summed E-state index contributed by atoms with van der Waals surface area (Å²) < 4.78 is 5.12. The van der Waals surface area contributed by atoms with Crippen LogP contribution in [0.2, 0.25) is 0 Å². The van der Waals surface area contributed by atoms with Crippen LogP contribution in [0.3, 0.4) is 0 Å². The van der Waals surface area contributed by atoms with Crippen molar-refractivity contribution in [2.75, 3.05) is 6.61 Å². The molecule has 2 N–H and O–H groups in total. The lowest BCUT2D eigenvalue weighted by Gasteiger charge is -2.22. The zero-order chi connectivity index (χ0) is 13.2. The molecule has 0 atom stereocenters. The Hall–Kier alpha value is -1.66. The molecule has 0 aliphatic carbocycles. The highest BCUT2D eigenvalue weighted by atomic mass is 32.1. The summed E-state index contributed by atoms with van der Waals surface area (Å²) in [6.07, 6.45) is 0. The first-order chi connectivity index (χ1) is 8.52. The number of thiophene rings is 1. The smallest absolute Gasteiger partial charge is 0.273 e. The average Bonchev–Trinajstić information content (AvgIpc) is 2.99. The first-order valence-corrected chi connectivity index (χ1v) is 6.34. The molecular formula is C12H14N2O3S. The number of aliphatic hydroxyl groups is 1. The Morgan fingerprint density at radius 2 is 2.39 bits per heavy atom. The molecule has 0 aliphatic heterocycles. The molecule has 0 spiro atoms. The van der Waals surface area contributed by atoms with E-state index in [1.165, 1.54) is 11.3 Å². The van der Waals surface area contributed by atoms with Crippen LogP contribution in [-0.4, -0.2) is 28.3 Å². The van der Waals surface area contributed by atoms with Crippen LogP contribution in [0.1, 0.15) is 24.3 Å². The number of nitrogens with one attached hydrogen (secondary N) is 1. The second-order valence-corrected chi connectivity index (χ2v) is 5.50. The summed E-state index contributed by atoms with van der Waals surface area (Å²) in [5, 5.41) is 17.4. The third-order valence-electron chi connectivity index (χ3n) is 2.35. The van der Waals surface area contributed by atoms with Crippen LogP contribution in [-0.2, 0) is 0 Å². The summed E-state index contributed by atoms with van der Waals surface area (Å²) in [6.45, 7) is 3.31. The summed E-state index contributed by atoms with van der Waals surface area (Å²) in [5.74, 6) is 0.206. The Bertz CT molecular complexity index is 531. The van der Waals surface area contributed by atoms with Gasteiger partial charge in [0, 0.05) is 6.07 Å². The Kier molecular flexibility index (Phi) is 3.49. The molecule has 2 rings (SSSR count). The van der Waals surface area contributed by atoms with Crippen molar-refractivity contribution in [2.45, 2.75) is 19.4 Å². The van der Waals surface area contributed by atoms with Crippen LogP contribution in [0, 0.1) is 0 Å². The van der Waals surface area contributed by atoms with Crippen LogP contribution in [0.4, 0.5) is 0 Å². The standard InChI is InChI=1S/C12H14N2O3S/c1-12(2,7-15)13-11(16)8-6-9(17-14-8)10-4-3-5-18-10/h3-6,15H,7H2,1-2H3,(H,13,16). The molecule has 5 nitrogen and oxygen atoms in total. The SMILES string of the molecule is CC(C)(CO)NC(=O)c1cc(-c2cccs2)on1. The van der Waals surface area contributed by atoms with Gasteiger partial charge in [-0.1, -0.05) is 11.2 Å². The summed E-state index contributed by atoms with van der Waals surface area (Å²) in [4.78, 5) is 12.8. The van der Waals surface area contributed by atoms with Gasteiger partial charge in [-0.3, -0.25) is 4.79 Å². The highest BCUT2D eigenvalue weighted by Gasteiger charge is 2.22. The van der Waals surface area contributed by atoms with E-state index in [-0.39, 0.29) is 18.2 Å². The van der Waals surface area contributed by atoms with E-state index in [1.54, 1.807) is 19.9 Å². The van der Waals surface area contributed by atoms with Crippen LogP contribution in [0.25, 0.3) is 10.6 Å². The minimum atomic E-state index is -0.681. The predicted molar refractivity (Wildman–Crippen MR) is 68.4 cm³/mol. The number of hydrogen-bond donors (Lipinski definition) is 2. The number of hydrogen-bond acceptors (Lipinski definition) is 5. The molecule has 0 radical (unpaired) electrons. The van der Waals surface area contributed by atoms with E-state index in [1.807, 2.05) is 17.5 Å². The fourth-order valence-electron chi connectivity index (χ4n) is 1.33. The molecule has 0 fully saturated rings. The van der Waals surface area contributed by atoms with E-state index in [0.717, 1.165) is 4.88 Å². The topological polar surface area (TPSA) is 75.4 Å². The van der Waals surface area contributed by atoms with Crippen LogP contribution >= 0.6 is 11.3 Å². The van der Waals surface area contributed by atoms with Gasteiger partial charge in [0.1, 0.15) is 0 Å². The molecule has 2 heterocycles. The predicted octanol–water partition coefficient (Wildman–Crippen LogP) is 1.90. The molecule has 0 saturated carbocycles. The molecule has 6 heteroatoms. The van der Waals surface area contributed by atoms with Gasteiger partial charge >= 0.3 is 0 Å². The van der Waals surface area contributed by atoms with Gasteiger partial charge in [-0.25, -0.2) is 0 Å². The largest absolute Gasteiger partial charge is 0.394 e. The number of aliphatic hydroxyl groups excluding tert-OH is 1. The number of carbonyl (C=O) groups is 1. The van der Waals surface area contributed by atoms with E-state index in [4.69, 9.17) is 9.63 Å². The maximum absolute atomic E-state index is 11.9. The Morgan fingerprint density at radius 3 is 3.00 bits per heavy atom. The highest BCUT2D eigenvalue weighted by Crippen LogP contribution is 2.25. The number of rotatable bonds is 4. The lowest BCUT2D eigenvalue weighted by atomic mass is 10.1. The first kappa shape index (κ1) is 12.8. The molecule has 2 aromatic rings. The quantitative estimate of drug-likeness (QED) is 0.886. The van der Waals surface area contributed by atoms with Crippen LogP contribution in [0.15, 0.2) is 28.1 Å². The normalized spacial score (nSPS) is 11.5. The summed E-state index contributed by atoms with van der Waals surface area (Å²) >= 11 is 1.51. The fraction of sp³-hybridized carbons (Fsp3) is 0.333. The monoisotopic (exact) mass is 266 g/mol. The number of aromatic nitrogens is 1. The van der Waals surface area contributed by atoms with E-state index < -0.39 is 5.54 Å². The maximum Gasteiger partial charge on any atom is 0.273 e. The second-order valence-electron chi connectivity index (χ2n) is 4.55. The molecule has 2 aromatic heterocycles. The van der Waals surface area contributed by atoms with Crippen molar-refractivity contribution in [2.24, 2.45) is 0 Å². The van der Waals surface area contributed by atoms with Crippen molar-refractivity contribution in [3.8, 4) is 10.6 Å². The summed E-state index contributed by atoms with van der Waals surface area (Å²) in [7, 11) is 0. The molecule has 0 unspecified atom stereocenters. The summed E-state index contributed by atoms with van der Waals surface area (Å²) in [6, 6.07) is 5.39. The van der Waals surface area contributed by atoms with Crippen LogP contribution in [0.5, 0.6) is 0 Å². The van der Waals surface area contributed by atoms with Gasteiger partial charge in [0.2, 0.25) is 0 Å². The third kappa shape index (κ3) is 2.77. The second kappa shape index (κ2) is 4.91. The van der Waals surface area contributed by atoms with Crippen molar-refractivity contribution in [1.29, 1.82) is 0 Å². The highest BCUT2D eigenvalue weighted by molar-refractivity contribution is 7.13. The van der Waals surface area contributed by atoms with Crippen molar-refractivity contribution >= 4 is 17.2 Å². The lowest BCUT2D eigenvalue weighted by molar-refractivity contribution is 0.0860. The minimum Gasteiger partial charge on any atom is -0.394 e. The van der Waals surface area contributed by atoms with Gasteiger partial charge in [0.05, 0.1) is 17.0 Å². The molecule has 18 heavy (non-hydrogen) atoms. The number of carbonyl (C=O) groups excluding carboxylic acids is 1. The van der Waals surface area contributed by atoms with E-state index >= 15 is 0 Å². The molecule has 0 aliphatic rings. The Labute approximate surface area is 108 Å². The van der Waals surface area contributed by atoms with Crippen molar-refractivity contribution in [3.05, 3.63) is 29.3 Å². The van der Waals surface area contributed by atoms with Gasteiger partial charge < -0.3 is 14.9 Å². The Morgan fingerprint density at radius 1 is 1.61 bits per heavy atom. The van der Waals surface area contributed by atoms with Gasteiger partial charge in [-0.2, -0.15) is 0 Å². The molecular weight excluding hydrogens is 252 g/mol.